The summed E-state index contributed by atoms with van der Waals surface area (Å²) in [5.74, 6) is -0.993. The number of hydrogen-bond donors (Lipinski definition) is 1. The molecule has 1 N–H and O–H groups in total. The van der Waals surface area contributed by atoms with Crippen LogP contribution in [0.3, 0.4) is 0 Å². The van der Waals surface area contributed by atoms with E-state index >= 15 is 0 Å². The Kier molecular flexibility index (Phi) is 6.90. The van der Waals surface area contributed by atoms with Gasteiger partial charge in [-0.1, -0.05) is 49.0 Å². The largest absolute Gasteiger partial charge is 0.481 e. The lowest BCUT2D eigenvalue weighted by Crippen LogP contribution is -2.29. The van der Waals surface area contributed by atoms with Crippen molar-refractivity contribution >= 4 is 51.9 Å². The van der Waals surface area contributed by atoms with Crippen molar-refractivity contribution in [1.29, 1.82) is 0 Å². The lowest BCUT2D eigenvalue weighted by atomic mass is 10.1. The number of carboxylic acid groups (broad SMARTS) is 1. The Morgan fingerprint density at radius 2 is 1.81 bits per heavy atom. The number of benzene rings is 1. The highest BCUT2D eigenvalue weighted by Crippen LogP contribution is 2.33. The van der Waals surface area contributed by atoms with E-state index in [1.807, 2.05) is 18.2 Å². The molecule has 2 saturated heterocycles. The quantitative estimate of drug-likeness (QED) is 0.568. The number of rotatable bonds is 6. The van der Waals surface area contributed by atoms with Gasteiger partial charge < -0.3 is 10.0 Å². The second-order valence-electron chi connectivity index (χ2n) is 6.82. The van der Waals surface area contributed by atoms with E-state index in [1.165, 1.54) is 48.0 Å². The van der Waals surface area contributed by atoms with Gasteiger partial charge in [0.15, 0.2) is 0 Å². The molecular weight excluding hydrogens is 380 g/mol. The molecule has 0 bridgehead atoms. The zero-order valence-electron chi connectivity index (χ0n) is 15.2. The van der Waals surface area contributed by atoms with E-state index in [4.69, 9.17) is 17.3 Å². The minimum absolute atomic E-state index is 0.0358. The monoisotopic (exact) mass is 404 g/mol. The van der Waals surface area contributed by atoms with Crippen LogP contribution in [0.4, 0.5) is 5.69 Å². The Morgan fingerprint density at radius 1 is 1.15 bits per heavy atom. The molecule has 7 heteroatoms. The first-order valence-electron chi connectivity index (χ1n) is 9.37. The highest BCUT2D eigenvalue weighted by molar-refractivity contribution is 8.26. The molecular formula is C20H24N2O3S2. The van der Waals surface area contributed by atoms with Crippen molar-refractivity contribution in [1.82, 2.24) is 4.90 Å². The molecule has 0 atom stereocenters. The Morgan fingerprint density at radius 3 is 2.44 bits per heavy atom. The van der Waals surface area contributed by atoms with Gasteiger partial charge in [-0.2, -0.15) is 0 Å². The molecule has 0 saturated carbocycles. The summed E-state index contributed by atoms with van der Waals surface area (Å²) in [5.41, 5.74) is 2.20. The van der Waals surface area contributed by atoms with Crippen LogP contribution in [0.5, 0.6) is 0 Å². The van der Waals surface area contributed by atoms with Crippen LogP contribution >= 0.6 is 24.0 Å². The number of thioether (sulfide) groups is 1. The first kappa shape index (κ1) is 19.9. The van der Waals surface area contributed by atoms with Crippen molar-refractivity contribution in [3.8, 4) is 0 Å². The Balaban J connectivity index is 1.64. The van der Waals surface area contributed by atoms with Gasteiger partial charge in [-0.3, -0.25) is 14.5 Å². The van der Waals surface area contributed by atoms with Crippen LogP contribution in [0.1, 0.15) is 44.1 Å². The first-order chi connectivity index (χ1) is 13.0. The van der Waals surface area contributed by atoms with Crippen LogP contribution in [0, 0.1) is 0 Å². The van der Waals surface area contributed by atoms with Crippen LogP contribution in [-0.2, 0) is 9.59 Å². The summed E-state index contributed by atoms with van der Waals surface area (Å²) < 4.78 is 0.498. The van der Waals surface area contributed by atoms with Crippen molar-refractivity contribution in [3.63, 3.8) is 0 Å². The molecule has 1 aromatic rings. The number of carboxylic acids is 1. The maximum Gasteiger partial charge on any atom is 0.303 e. The van der Waals surface area contributed by atoms with Crippen molar-refractivity contribution in [3.05, 3.63) is 34.7 Å². The van der Waals surface area contributed by atoms with Gasteiger partial charge in [0.05, 0.1) is 4.91 Å². The number of anilines is 1. The summed E-state index contributed by atoms with van der Waals surface area (Å²) in [6.07, 6.45) is 7.40. The average Bonchev–Trinajstić information content (AvgIpc) is 2.85. The molecule has 0 aliphatic carbocycles. The maximum absolute atomic E-state index is 12.5. The van der Waals surface area contributed by atoms with Crippen LogP contribution < -0.4 is 4.90 Å². The predicted octanol–water partition coefficient (Wildman–Crippen LogP) is 4.13. The molecule has 27 heavy (non-hydrogen) atoms. The van der Waals surface area contributed by atoms with E-state index in [-0.39, 0.29) is 12.3 Å². The van der Waals surface area contributed by atoms with Gasteiger partial charge in [-0.15, -0.1) is 0 Å². The third-order valence-electron chi connectivity index (χ3n) is 4.81. The summed E-state index contributed by atoms with van der Waals surface area (Å²) in [7, 11) is 0. The van der Waals surface area contributed by atoms with Crippen LogP contribution in [0.2, 0.25) is 0 Å². The second kappa shape index (κ2) is 9.37. The van der Waals surface area contributed by atoms with Crippen molar-refractivity contribution in [2.24, 2.45) is 0 Å². The zero-order valence-corrected chi connectivity index (χ0v) is 16.9. The molecule has 144 valence electrons. The number of amides is 1. The fourth-order valence-electron chi connectivity index (χ4n) is 3.34. The van der Waals surface area contributed by atoms with Gasteiger partial charge in [0.2, 0.25) is 0 Å². The minimum Gasteiger partial charge on any atom is -0.481 e. The summed E-state index contributed by atoms with van der Waals surface area (Å²) in [4.78, 5) is 27.7. The molecule has 2 aliphatic rings. The molecule has 2 heterocycles. The van der Waals surface area contributed by atoms with Crippen LogP contribution in [0.15, 0.2) is 29.2 Å². The summed E-state index contributed by atoms with van der Waals surface area (Å²) in [6, 6.07) is 8.31. The number of carbonyl (C=O) groups is 2. The standard InChI is InChI=1S/C20H24N2O3S2/c23-18(24)6-5-13-22-19(25)17(27-20(22)26)14-15-7-9-16(10-8-15)21-11-3-1-2-4-12-21/h7-10,14H,1-6,11-13H2,(H,23,24)/b17-14-. The molecule has 3 rings (SSSR count). The van der Waals surface area contributed by atoms with Gasteiger partial charge in [0.25, 0.3) is 5.91 Å². The van der Waals surface area contributed by atoms with Gasteiger partial charge >= 0.3 is 5.97 Å². The van der Waals surface area contributed by atoms with Gasteiger partial charge in [-0.05, 0) is 43.0 Å². The third-order valence-corrected chi connectivity index (χ3v) is 6.19. The lowest BCUT2D eigenvalue weighted by Gasteiger charge is -2.22. The lowest BCUT2D eigenvalue weighted by molar-refractivity contribution is -0.137. The van der Waals surface area contributed by atoms with E-state index in [1.54, 1.807) is 0 Å². The van der Waals surface area contributed by atoms with Crippen LogP contribution in [0.25, 0.3) is 6.08 Å². The molecule has 1 amide bonds. The van der Waals surface area contributed by atoms with E-state index in [0.717, 1.165) is 18.7 Å². The maximum atomic E-state index is 12.5. The normalized spacial score (nSPS) is 19.6. The van der Waals surface area contributed by atoms with Crippen molar-refractivity contribution in [2.45, 2.75) is 38.5 Å². The second-order valence-corrected chi connectivity index (χ2v) is 8.50. The topological polar surface area (TPSA) is 60.9 Å². The highest BCUT2D eigenvalue weighted by Gasteiger charge is 2.31. The summed E-state index contributed by atoms with van der Waals surface area (Å²) >= 11 is 6.56. The van der Waals surface area contributed by atoms with Gasteiger partial charge in [0, 0.05) is 31.7 Å². The Bertz CT molecular complexity index is 738. The average molecular weight is 405 g/mol. The Hall–Kier alpha value is -1.86. The molecule has 0 spiro atoms. The van der Waals surface area contributed by atoms with E-state index in [0.29, 0.717) is 22.2 Å². The highest BCUT2D eigenvalue weighted by atomic mass is 32.2. The SMILES string of the molecule is O=C(O)CCCN1C(=O)/C(=C/c2ccc(N3CCCCCC3)cc2)SC1=S. The number of nitrogens with zero attached hydrogens (tertiary/aromatic N) is 2. The molecule has 1 aromatic carbocycles. The van der Waals surface area contributed by atoms with Crippen LogP contribution in [-0.4, -0.2) is 45.8 Å². The van der Waals surface area contributed by atoms with E-state index in [9.17, 15) is 9.59 Å². The van der Waals surface area contributed by atoms with Gasteiger partial charge in [-0.25, -0.2) is 0 Å². The first-order valence-corrected chi connectivity index (χ1v) is 10.6. The smallest absolute Gasteiger partial charge is 0.303 e. The number of hydrogen-bond acceptors (Lipinski definition) is 5. The molecule has 0 unspecified atom stereocenters. The molecule has 0 aromatic heterocycles. The third kappa shape index (κ3) is 5.32. The molecule has 5 nitrogen and oxygen atoms in total. The van der Waals surface area contributed by atoms with E-state index < -0.39 is 5.97 Å². The molecule has 2 aliphatic heterocycles. The zero-order chi connectivity index (χ0) is 19.2. The Labute approximate surface area is 169 Å². The fraction of sp³-hybridized carbons (Fsp3) is 0.450. The minimum atomic E-state index is -0.861. The predicted molar refractivity (Wildman–Crippen MR) is 114 cm³/mol. The summed E-state index contributed by atoms with van der Waals surface area (Å²) in [6.45, 7) is 2.56. The number of carbonyl (C=O) groups excluding carboxylic acids is 1. The van der Waals surface area contributed by atoms with Crippen molar-refractivity contribution < 1.29 is 14.7 Å². The number of aliphatic carboxylic acids is 1. The fourth-order valence-corrected chi connectivity index (χ4v) is 4.65. The summed E-state index contributed by atoms with van der Waals surface area (Å²) in [5, 5.41) is 8.74. The molecule has 0 radical (unpaired) electrons. The number of thiocarbonyl (C=S) groups is 1. The molecule has 2 fully saturated rings. The van der Waals surface area contributed by atoms with Crippen molar-refractivity contribution in [2.75, 3.05) is 24.5 Å². The van der Waals surface area contributed by atoms with E-state index in [2.05, 4.69) is 17.0 Å². The van der Waals surface area contributed by atoms with Gasteiger partial charge in [0.1, 0.15) is 4.32 Å².